The van der Waals surface area contributed by atoms with Crippen LogP contribution in [0, 0.1) is 0 Å². The van der Waals surface area contributed by atoms with Crippen LogP contribution in [-0.4, -0.2) is 25.1 Å². The summed E-state index contributed by atoms with van der Waals surface area (Å²) in [5.41, 5.74) is 0.156. The Morgan fingerprint density at radius 2 is 2.31 bits per heavy atom. The van der Waals surface area contributed by atoms with Gasteiger partial charge in [-0.3, -0.25) is 0 Å². The molecule has 1 fully saturated rings. The number of aromatic nitrogens is 4. The first kappa shape index (κ1) is 9.84. The molecule has 0 aliphatic heterocycles. The summed E-state index contributed by atoms with van der Waals surface area (Å²) in [4.78, 5) is 8.12. The minimum Gasteiger partial charge on any atom is -0.365 e. The van der Waals surface area contributed by atoms with Crippen molar-refractivity contribution < 1.29 is 0 Å². The summed E-state index contributed by atoms with van der Waals surface area (Å²) in [6.45, 7) is 2.20. The summed E-state index contributed by atoms with van der Waals surface area (Å²) in [6, 6.07) is 1.78. The fraction of sp³-hybridized carbons (Fsp3) is 0.500. The van der Waals surface area contributed by atoms with Crippen LogP contribution in [0.1, 0.15) is 26.2 Å². The maximum absolute atomic E-state index is 5.94. The van der Waals surface area contributed by atoms with Crippen LogP contribution in [0.15, 0.2) is 12.4 Å². The number of halogens is 1. The smallest absolute Gasteiger partial charge is 0.255 e. The van der Waals surface area contributed by atoms with E-state index >= 15 is 0 Å². The van der Waals surface area contributed by atoms with Crippen molar-refractivity contribution in [1.29, 1.82) is 0 Å². The molecule has 0 spiro atoms. The van der Waals surface area contributed by atoms with Gasteiger partial charge in [0, 0.05) is 11.6 Å². The molecule has 0 saturated heterocycles. The van der Waals surface area contributed by atoms with Crippen LogP contribution in [0.3, 0.4) is 0 Å². The number of hydrogen-bond acceptors (Lipinski definition) is 4. The molecule has 0 aromatic carbocycles. The Kier molecular flexibility index (Phi) is 2.04. The Labute approximate surface area is 97.8 Å². The van der Waals surface area contributed by atoms with Crippen molar-refractivity contribution in [3.8, 4) is 0 Å². The molecular weight excluding hydrogens is 226 g/mol. The highest BCUT2D eigenvalue weighted by atomic mass is 35.5. The van der Waals surface area contributed by atoms with Gasteiger partial charge in [0.2, 0.25) is 0 Å². The number of anilines is 1. The summed E-state index contributed by atoms with van der Waals surface area (Å²) >= 11 is 5.94. The number of rotatable bonds is 2. The molecule has 0 amide bonds. The minimum atomic E-state index is 0.156. The summed E-state index contributed by atoms with van der Waals surface area (Å²) in [5, 5.41) is 8.02. The van der Waals surface area contributed by atoms with E-state index in [2.05, 4.69) is 27.3 Å². The lowest BCUT2D eigenvalue weighted by Gasteiger charge is -2.39. The van der Waals surface area contributed by atoms with Gasteiger partial charge in [-0.2, -0.15) is 19.6 Å². The van der Waals surface area contributed by atoms with Crippen molar-refractivity contribution in [2.24, 2.45) is 0 Å². The van der Waals surface area contributed by atoms with Crippen LogP contribution in [0.5, 0.6) is 0 Å². The lowest BCUT2D eigenvalue weighted by Crippen LogP contribution is -2.42. The van der Waals surface area contributed by atoms with Crippen molar-refractivity contribution in [2.45, 2.75) is 31.7 Å². The zero-order valence-corrected chi connectivity index (χ0v) is 9.70. The topological polar surface area (TPSA) is 55.1 Å². The van der Waals surface area contributed by atoms with Gasteiger partial charge in [0.05, 0.1) is 0 Å². The first-order chi connectivity index (χ1) is 7.66. The van der Waals surface area contributed by atoms with Crippen LogP contribution in [0.2, 0.25) is 5.15 Å². The normalized spacial score (nSPS) is 18.4. The largest absolute Gasteiger partial charge is 0.365 e. The highest BCUT2D eigenvalue weighted by Gasteiger charge is 2.32. The maximum atomic E-state index is 5.94. The van der Waals surface area contributed by atoms with Gasteiger partial charge in [0.1, 0.15) is 17.3 Å². The second kappa shape index (κ2) is 3.31. The molecular formula is C10H12ClN5. The monoisotopic (exact) mass is 237 g/mol. The standard InChI is InChI=1S/C10H12ClN5/c1-10(3-2-4-10)15-8-5-7(11)14-9-12-6-13-16(8)9/h5-6,15H,2-4H2,1H3. The van der Waals surface area contributed by atoms with Gasteiger partial charge in [-0.15, -0.1) is 0 Å². The summed E-state index contributed by atoms with van der Waals surface area (Å²) in [5.74, 6) is 1.38. The first-order valence-corrected chi connectivity index (χ1v) is 5.69. The fourth-order valence-electron chi connectivity index (χ4n) is 2.01. The molecule has 1 aliphatic rings. The number of hydrogen-bond donors (Lipinski definition) is 1. The molecule has 1 aliphatic carbocycles. The Bertz CT molecular complexity index is 531. The van der Waals surface area contributed by atoms with Crippen LogP contribution in [0.4, 0.5) is 5.82 Å². The Balaban J connectivity index is 2.04. The van der Waals surface area contributed by atoms with E-state index in [1.54, 1.807) is 10.6 Å². The van der Waals surface area contributed by atoms with E-state index in [9.17, 15) is 0 Å². The van der Waals surface area contributed by atoms with Crippen molar-refractivity contribution in [3.63, 3.8) is 0 Å². The average Bonchev–Trinajstić information content (AvgIpc) is 2.63. The van der Waals surface area contributed by atoms with Crippen LogP contribution in [-0.2, 0) is 0 Å². The second-order valence-corrected chi connectivity index (χ2v) is 4.86. The molecule has 0 radical (unpaired) electrons. The molecule has 0 bridgehead atoms. The molecule has 6 heteroatoms. The van der Waals surface area contributed by atoms with Crippen molar-refractivity contribution >= 4 is 23.2 Å². The van der Waals surface area contributed by atoms with Gasteiger partial charge < -0.3 is 5.32 Å². The van der Waals surface area contributed by atoms with Gasteiger partial charge in [0.15, 0.2) is 0 Å². The Hall–Kier alpha value is -1.36. The van der Waals surface area contributed by atoms with Gasteiger partial charge in [0.25, 0.3) is 5.78 Å². The molecule has 16 heavy (non-hydrogen) atoms. The molecule has 2 heterocycles. The third-order valence-electron chi connectivity index (χ3n) is 3.11. The number of fused-ring (bicyclic) bond motifs is 1. The van der Waals surface area contributed by atoms with E-state index in [4.69, 9.17) is 11.6 Å². The third kappa shape index (κ3) is 1.51. The molecule has 0 unspecified atom stereocenters. The van der Waals surface area contributed by atoms with E-state index < -0.39 is 0 Å². The molecule has 1 saturated carbocycles. The summed E-state index contributed by atoms with van der Waals surface area (Å²) in [6.07, 6.45) is 5.09. The zero-order chi connectivity index (χ0) is 11.2. The van der Waals surface area contributed by atoms with Gasteiger partial charge in [-0.05, 0) is 26.2 Å². The third-order valence-corrected chi connectivity index (χ3v) is 3.30. The quantitative estimate of drug-likeness (QED) is 0.813. The lowest BCUT2D eigenvalue weighted by atomic mass is 9.78. The Morgan fingerprint density at radius 3 is 3.00 bits per heavy atom. The van der Waals surface area contributed by atoms with Crippen molar-refractivity contribution in [3.05, 3.63) is 17.5 Å². The lowest BCUT2D eigenvalue weighted by molar-refractivity contribution is 0.305. The van der Waals surface area contributed by atoms with E-state index in [0.717, 1.165) is 5.82 Å². The molecule has 84 valence electrons. The number of nitrogens with one attached hydrogen (secondary N) is 1. The highest BCUT2D eigenvalue weighted by molar-refractivity contribution is 6.29. The van der Waals surface area contributed by atoms with Crippen molar-refractivity contribution in [2.75, 3.05) is 5.32 Å². The average molecular weight is 238 g/mol. The second-order valence-electron chi connectivity index (χ2n) is 4.48. The maximum Gasteiger partial charge on any atom is 0.255 e. The number of nitrogens with zero attached hydrogens (tertiary/aromatic N) is 4. The molecule has 3 rings (SSSR count). The molecule has 1 N–H and O–H groups in total. The van der Waals surface area contributed by atoms with E-state index in [0.29, 0.717) is 10.9 Å². The van der Waals surface area contributed by atoms with Crippen LogP contribution in [0.25, 0.3) is 5.78 Å². The summed E-state index contributed by atoms with van der Waals surface area (Å²) in [7, 11) is 0. The van der Waals surface area contributed by atoms with Crippen LogP contribution >= 0.6 is 11.6 Å². The predicted molar refractivity (Wildman–Crippen MR) is 61.7 cm³/mol. The fourth-order valence-corrected chi connectivity index (χ4v) is 2.19. The Morgan fingerprint density at radius 1 is 1.50 bits per heavy atom. The molecule has 5 nitrogen and oxygen atoms in total. The van der Waals surface area contributed by atoms with Gasteiger partial charge in [-0.25, -0.2) is 0 Å². The molecule has 2 aromatic rings. The predicted octanol–water partition coefficient (Wildman–Crippen LogP) is 2.13. The van der Waals surface area contributed by atoms with E-state index in [1.807, 2.05) is 0 Å². The van der Waals surface area contributed by atoms with Gasteiger partial charge in [-0.1, -0.05) is 11.6 Å². The van der Waals surface area contributed by atoms with Crippen molar-refractivity contribution in [1.82, 2.24) is 19.6 Å². The van der Waals surface area contributed by atoms with E-state index in [-0.39, 0.29) is 5.54 Å². The molecule has 0 atom stereocenters. The summed E-state index contributed by atoms with van der Waals surface area (Å²) < 4.78 is 1.68. The highest BCUT2D eigenvalue weighted by Crippen LogP contribution is 2.34. The van der Waals surface area contributed by atoms with E-state index in [1.165, 1.54) is 25.6 Å². The first-order valence-electron chi connectivity index (χ1n) is 5.31. The van der Waals surface area contributed by atoms with Gasteiger partial charge >= 0.3 is 0 Å². The SMILES string of the molecule is CC1(Nc2cc(Cl)nc3ncnn23)CCC1. The molecule has 2 aromatic heterocycles. The zero-order valence-electron chi connectivity index (χ0n) is 8.94. The van der Waals surface area contributed by atoms with Crippen LogP contribution < -0.4 is 5.32 Å². The minimum absolute atomic E-state index is 0.156.